The third kappa shape index (κ3) is 6.62. The molecule has 40 heavy (non-hydrogen) atoms. The van der Waals surface area contributed by atoms with Crippen LogP contribution in [0.25, 0.3) is 5.52 Å². The Morgan fingerprint density at radius 2 is 1.62 bits per heavy atom. The minimum atomic E-state index is -3.70. The van der Waals surface area contributed by atoms with Gasteiger partial charge in [-0.2, -0.15) is 0 Å². The van der Waals surface area contributed by atoms with E-state index in [0.717, 1.165) is 48.6 Å². The summed E-state index contributed by atoms with van der Waals surface area (Å²) in [6, 6.07) is 16.6. The number of sulfone groups is 1. The maximum atomic E-state index is 13.7. The second kappa shape index (κ2) is 12.8. The Morgan fingerprint density at radius 1 is 0.900 bits per heavy atom. The lowest BCUT2D eigenvalue weighted by Gasteiger charge is -2.17. The number of aryl methyl sites for hydroxylation is 1. The SMILES string of the molecule is COc1ccc(CCN(C)CCCOc2ccc(S(=O)(=O)c3c(C(C)C)cn4cc(C)ccc34)cc2)cc1OC. The number of nitrogens with zero attached hydrogens (tertiary/aromatic N) is 2. The number of ether oxygens (including phenoxy) is 3. The zero-order valence-corrected chi connectivity index (χ0v) is 25.1. The Morgan fingerprint density at radius 3 is 2.30 bits per heavy atom. The number of pyridine rings is 1. The summed E-state index contributed by atoms with van der Waals surface area (Å²) in [6.45, 7) is 8.39. The molecule has 0 unspecified atom stereocenters. The number of hydrogen-bond donors (Lipinski definition) is 0. The number of methoxy groups -OCH3 is 2. The average molecular weight is 565 g/mol. The highest BCUT2D eigenvalue weighted by Crippen LogP contribution is 2.34. The summed E-state index contributed by atoms with van der Waals surface area (Å²) in [4.78, 5) is 2.92. The molecule has 8 heteroatoms. The fourth-order valence-corrected chi connectivity index (χ4v) is 6.59. The van der Waals surface area contributed by atoms with Crippen LogP contribution in [0, 0.1) is 6.92 Å². The van der Waals surface area contributed by atoms with E-state index in [-0.39, 0.29) is 10.8 Å². The van der Waals surface area contributed by atoms with Gasteiger partial charge in [-0.3, -0.25) is 0 Å². The van der Waals surface area contributed by atoms with Gasteiger partial charge in [-0.15, -0.1) is 0 Å². The van der Waals surface area contributed by atoms with Gasteiger partial charge in [-0.05, 0) is 91.9 Å². The van der Waals surface area contributed by atoms with E-state index in [4.69, 9.17) is 14.2 Å². The lowest BCUT2D eigenvalue weighted by Crippen LogP contribution is -2.23. The first-order valence-electron chi connectivity index (χ1n) is 13.6. The molecule has 4 aromatic rings. The van der Waals surface area contributed by atoms with Gasteiger partial charge in [0.05, 0.1) is 31.2 Å². The van der Waals surface area contributed by atoms with Crippen molar-refractivity contribution in [3.05, 3.63) is 83.7 Å². The van der Waals surface area contributed by atoms with Crippen molar-refractivity contribution in [1.29, 1.82) is 0 Å². The molecule has 0 N–H and O–H groups in total. The lowest BCUT2D eigenvalue weighted by atomic mass is 10.1. The van der Waals surface area contributed by atoms with Crippen LogP contribution in [-0.4, -0.2) is 58.7 Å². The molecular weight excluding hydrogens is 524 g/mol. The number of aromatic nitrogens is 1. The molecule has 2 aromatic carbocycles. The van der Waals surface area contributed by atoms with E-state index >= 15 is 0 Å². The summed E-state index contributed by atoms with van der Waals surface area (Å²) in [6.07, 6.45) is 5.66. The molecule has 0 fully saturated rings. The molecular formula is C32H40N2O5S. The maximum Gasteiger partial charge on any atom is 0.209 e. The molecule has 0 aliphatic heterocycles. The molecule has 0 spiro atoms. The van der Waals surface area contributed by atoms with Gasteiger partial charge >= 0.3 is 0 Å². The van der Waals surface area contributed by atoms with Gasteiger partial charge in [0.25, 0.3) is 0 Å². The fraction of sp³-hybridized carbons (Fsp3) is 0.375. The van der Waals surface area contributed by atoms with Crippen LogP contribution in [0.2, 0.25) is 0 Å². The highest BCUT2D eigenvalue weighted by atomic mass is 32.2. The molecule has 0 bridgehead atoms. The second-order valence-corrected chi connectivity index (χ2v) is 12.4. The zero-order valence-electron chi connectivity index (χ0n) is 24.3. The number of hydrogen-bond acceptors (Lipinski definition) is 6. The summed E-state index contributed by atoms with van der Waals surface area (Å²) >= 11 is 0. The molecule has 0 aliphatic carbocycles. The first-order valence-corrected chi connectivity index (χ1v) is 15.1. The predicted octanol–water partition coefficient (Wildman–Crippen LogP) is 6.16. The van der Waals surface area contributed by atoms with Crippen molar-refractivity contribution >= 4 is 15.4 Å². The Labute approximate surface area is 238 Å². The largest absolute Gasteiger partial charge is 0.494 e. The van der Waals surface area contributed by atoms with Crippen LogP contribution in [0.3, 0.4) is 0 Å². The summed E-state index contributed by atoms with van der Waals surface area (Å²) < 4.78 is 46.0. The molecule has 7 nitrogen and oxygen atoms in total. The van der Waals surface area contributed by atoms with E-state index in [9.17, 15) is 8.42 Å². The summed E-state index contributed by atoms with van der Waals surface area (Å²) in [7, 11) is 1.68. The molecule has 0 amide bonds. The smallest absolute Gasteiger partial charge is 0.209 e. The second-order valence-electron chi connectivity index (χ2n) is 10.5. The highest BCUT2D eigenvalue weighted by Gasteiger charge is 2.27. The highest BCUT2D eigenvalue weighted by molar-refractivity contribution is 7.91. The molecule has 0 atom stereocenters. The van der Waals surface area contributed by atoms with Gasteiger partial charge in [0.15, 0.2) is 11.5 Å². The predicted molar refractivity (Wildman–Crippen MR) is 159 cm³/mol. The van der Waals surface area contributed by atoms with Crippen molar-refractivity contribution in [3.63, 3.8) is 0 Å². The van der Waals surface area contributed by atoms with E-state index in [1.165, 1.54) is 5.56 Å². The van der Waals surface area contributed by atoms with Crippen molar-refractivity contribution in [3.8, 4) is 17.2 Å². The first-order chi connectivity index (χ1) is 19.1. The van der Waals surface area contributed by atoms with Gasteiger partial charge in [0.2, 0.25) is 9.84 Å². The molecule has 0 saturated heterocycles. The third-order valence-electron chi connectivity index (χ3n) is 7.11. The minimum Gasteiger partial charge on any atom is -0.494 e. The normalized spacial score (nSPS) is 11.9. The molecule has 4 rings (SSSR count). The van der Waals surface area contributed by atoms with E-state index < -0.39 is 9.84 Å². The Balaban J connectivity index is 1.32. The summed E-state index contributed by atoms with van der Waals surface area (Å²) in [5, 5.41) is 0. The third-order valence-corrected chi connectivity index (χ3v) is 8.98. The topological polar surface area (TPSA) is 69.5 Å². The lowest BCUT2D eigenvalue weighted by molar-refractivity contribution is 0.264. The van der Waals surface area contributed by atoms with Crippen molar-refractivity contribution in [1.82, 2.24) is 9.30 Å². The van der Waals surface area contributed by atoms with Crippen LogP contribution in [0.15, 0.2) is 76.8 Å². The monoisotopic (exact) mass is 564 g/mol. The first kappa shape index (κ1) is 29.5. The van der Waals surface area contributed by atoms with Gasteiger partial charge in [0.1, 0.15) is 10.6 Å². The molecule has 2 aromatic heterocycles. The van der Waals surface area contributed by atoms with Crippen LogP contribution in [-0.2, 0) is 16.3 Å². The zero-order chi connectivity index (χ0) is 28.9. The van der Waals surface area contributed by atoms with E-state index in [0.29, 0.717) is 22.8 Å². The van der Waals surface area contributed by atoms with Crippen LogP contribution in [0.1, 0.15) is 42.9 Å². The number of benzene rings is 2. The van der Waals surface area contributed by atoms with Crippen molar-refractivity contribution < 1.29 is 22.6 Å². The summed E-state index contributed by atoms with van der Waals surface area (Å²) in [5.41, 5.74) is 3.79. The molecule has 0 aliphatic rings. The standard InChI is InChI=1S/C32H40N2O5S/c1-23(2)28-22-34-21-24(3)8-14-29(34)32(28)40(35,36)27-12-10-26(11-13-27)39-19-7-17-33(4)18-16-25-9-15-30(37-5)31(20-25)38-6/h8-15,20-23H,7,16-19H2,1-6H3. The van der Waals surface area contributed by atoms with Gasteiger partial charge < -0.3 is 23.5 Å². The Kier molecular flexibility index (Phi) is 9.43. The van der Waals surface area contributed by atoms with Gasteiger partial charge in [-0.25, -0.2) is 8.42 Å². The summed E-state index contributed by atoms with van der Waals surface area (Å²) in [5.74, 6) is 2.21. The van der Waals surface area contributed by atoms with E-state index in [1.54, 1.807) is 38.5 Å². The molecule has 0 radical (unpaired) electrons. The fourth-order valence-electron chi connectivity index (χ4n) is 4.81. The van der Waals surface area contributed by atoms with Crippen molar-refractivity contribution in [2.24, 2.45) is 0 Å². The van der Waals surface area contributed by atoms with E-state index in [1.807, 2.05) is 61.8 Å². The molecule has 214 valence electrons. The maximum absolute atomic E-state index is 13.7. The molecule has 2 heterocycles. The van der Waals surface area contributed by atoms with Crippen LogP contribution < -0.4 is 14.2 Å². The average Bonchev–Trinajstić information content (AvgIpc) is 3.34. The van der Waals surface area contributed by atoms with Gasteiger partial charge in [0, 0.05) is 25.5 Å². The Hall–Kier alpha value is -3.49. The van der Waals surface area contributed by atoms with E-state index in [2.05, 4.69) is 18.0 Å². The number of fused-ring (bicyclic) bond motifs is 1. The van der Waals surface area contributed by atoms with Crippen LogP contribution in [0.5, 0.6) is 17.2 Å². The quantitative estimate of drug-likeness (QED) is 0.181. The number of rotatable bonds is 13. The van der Waals surface area contributed by atoms with Crippen LogP contribution >= 0.6 is 0 Å². The van der Waals surface area contributed by atoms with Crippen molar-refractivity contribution in [2.45, 2.75) is 49.3 Å². The molecule has 0 saturated carbocycles. The minimum absolute atomic E-state index is 0.0738. The van der Waals surface area contributed by atoms with Gasteiger partial charge in [-0.1, -0.05) is 26.0 Å². The van der Waals surface area contributed by atoms with Crippen LogP contribution in [0.4, 0.5) is 0 Å². The Bertz CT molecular complexity index is 1540. The van der Waals surface area contributed by atoms with Crippen molar-refractivity contribution in [2.75, 3.05) is 41.0 Å². The number of likely N-dealkylation sites (N-methyl/N-ethyl adjacent to an activating group) is 1.